The molecule has 4 unspecified atom stereocenters. The van der Waals surface area contributed by atoms with Crippen LogP contribution in [0.15, 0.2) is 72.8 Å². The van der Waals surface area contributed by atoms with Crippen LogP contribution in [0, 0.1) is 28.7 Å². The fraction of sp³-hybridized carbons (Fsp3) is 0.486. The van der Waals surface area contributed by atoms with Gasteiger partial charge < -0.3 is 10.2 Å². The Labute approximate surface area is 260 Å². The number of hydrogen-bond acceptors (Lipinski definition) is 3. The first-order valence-corrected chi connectivity index (χ1v) is 15.5. The van der Waals surface area contributed by atoms with Crippen molar-refractivity contribution in [2.45, 2.75) is 91.3 Å². The van der Waals surface area contributed by atoms with E-state index in [2.05, 4.69) is 82.3 Å². The molecular weight excluding hydrogens is 683 g/mol. The molecule has 4 heteroatoms. The number of aliphatic hydroxyl groups is 2. The van der Waals surface area contributed by atoms with E-state index in [9.17, 15) is 10.2 Å². The van der Waals surface area contributed by atoms with Crippen molar-refractivity contribution in [3.8, 4) is 11.3 Å². The molecule has 0 saturated heterocycles. The molecule has 2 aliphatic rings. The third kappa shape index (κ3) is 5.91. The molecule has 3 nitrogen and oxygen atoms in total. The van der Waals surface area contributed by atoms with Gasteiger partial charge in [-0.2, -0.15) is 0 Å². The Kier molecular flexibility index (Phi) is 10.5. The maximum absolute atomic E-state index is 11.1. The molecule has 0 aliphatic heterocycles. The van der Waals surface area contributed by atoms with Crippen LogP contribution in [0.4, 0.5) is 0 Å². The summed E-state index contributed by atoms with van der Waals surface area (Å²) in [5, 5.41) is 25.8. The summed E-state index contributed by atoms with van der Waals surface area (Å²) in [4.78, 5) is 4.76. The van der Waals surface area contributed by atoms with Gasteiger partial charge in [0.2, 0.25) is 0 Å². The van der Waals surface area contributed by atoms with Crippen molar-refractivity contribution in [2.24, 2.45) is 22.7 Å². The van der Waals surface area contributed by atoms with E-state index in [1.165, 1.54) is 29.0 Å². The van der Waals surface area contributed by atoms with Gasteiger partial charge in [0.25, 0.3) is 0 Å². The maximum atomic E-state index is 11.1. The Hall–Kier alpha value is -2.10. The first kappa shape index (κ1) is 31.8. The molecule has 4 aromatic rings. The molecule has 1 heterocycles. The monoisotopic (exact) mass is 729 g/mol. The summed E-state index contributed by atoms with van der Waals surface area (Å²) in [6, 6.07) is 28.0. The normalized spacial score (nSPS) is 24.5. The number of rotatable bonds is 5. The van der Waals surface area contributed by atoms with Gasteiger partial charge in [-0.15, -0.1) is 35.9 Å². The summed E-state index contributed by atoms with van der Waals surface area (Å²) in [6.45, 7) is 8.83. The predicted molar refractivity (Wildman–Crippen MR) is 167 cm³/mol. The fourth-order valence-corrected chi connectivity index (χ4v) is 8.01. The van der Waals surface area contributed by atoms with Gasteiger partial charge in [-0.25, -0.2) is 0 Å². The number of aromatic nitrogens is 1. The van der Waals surface area contributed by atoms with Crippen molar-refractivity contribution in [3.05, 3.63) is 78.9 Å². The van der Waals surface area contributed by atoms with Crippen LogP contribution < -0.4 is 0 Å². The van der Waals surface area contributed by atoms with E-state index < -0.39 is 0 Å². The van der Waals surface area contributed by atoms with E-state index in [-0.39, 0.29) is 49.1 Å². The Morgan fingerprint density at radius 2 is 1.46 bits per heavy atom. The molecule has 4 atom stereocenters. The minimum absolute atomic E-state index is 0. The topological polar surface area (TPSA) is 53.4 Å². The molecule has 0 bridgehead atoms. The summed E-state index contributed by atoms with van der Waals surface area (Å²) in [6.07, 6.45) is 8.17. The molecule has 1 radical (unpaired) electrons. The van der Waals surface area contributed by atoms with Crippen LogP contribution in [-0.4, -0.2) is 27.4 Å². The minimum atomic E-state index is -0.319. The zero-order chi connectivity index (χ0) is 28.3. The Morgan fingerprint density at radius 3 is 2.15 bits per heavy atom. The van der Waals surface area contributed by atoms with Crippen LogP contribution in [0.25, 0.3) is 32.9 Å². The zero-order valence-corrected chi connectivity index (χ0v) is 27.5. The van der Waals surface area contributed by atoms with Gasteiger partial charge >= 0.3 is 0 Å². The fourth-order valence-electron chi connectivity index (χ4n) is 8.01. The van der Waals surface area contributed by atoms with Crippen molar-refractivity contribution < 1.29 is 30.3 Å². The van der Waals surface area contributed by atoms with E-state index in [1.54, 1.807) is 0 Å². The quantitative estimate of drug-likeness (QED) is 0.159. The van der Waals surface area contributed by atoms with E-state index in [1.807, 2.05) is 24.3 Å². The molecule has 41 heavy (non-hydrogen) atoms. The molecule has 2 N–H and O–H groups in total. The van der Waals surface area contributed by atoms with Crippen LogP contribution >= 0.6 is 0 Å². The van der Waals surface area contributed by atoms with Crippen molar-refractivity contribution in [2.75, 3.05) is 0 Å². The van der Waals surface area contributed by atoms with E-state index in [0.29, 0.717) is 5.92 Å². The van der Waals surface area contributed by atoms with Crippen LogP contribution in [-0.2, 0) is 20.1 Å². The van der Waals surface area contributed by atoms with Gasteiger partial charge in [0.05, 0.1) is 17.7 Å². The molecule has 221 valence electrons. The standard InChI is InChI=1S/C19H12N.C18H34O2.Ir/c1-2-7-15(8-3-1)18-13-11-17-16-9-5-4-6-14(16)10-12-19(17)20-18;1-5-17(6-2)11-9-10-13-12-18(7-3,8-4)16(20)14(13)15(17)19;/h1-7,9-13H;13-16,19-20H,5-12H2,1-4H3;/q-1;;. The van der Waals surface area contributed by atoms with Crippen molar-refractivity contribution in [3.63, 3.8) is 0 Å². The maximum Gasteiger partial charge on any atom is 0.0651 e. The molecule has 6 rings (SSSR count). The Balaban J connectivity index is 0.000000184. The Morgan fingerprint density at radius 1 is 0.780 bits per heavy atom. The SMILES string of the molecule is CCC1(CC)CCCC2CC(CC)(CC)C(O)C2C1O.[Ir].[c-]1ccccc1-c1ccc2c(ccc3ccccc32)n1. The second kappa shape index (κ2) is 13.5. The largest absolute Gasteiger partial charge is 0.392 e. The predicted octanol–water partition coefficient (Wildman–Crippen LogP) is 8.99. The van der Waals surface area contributed by atoms with Gasteiger partial charge in [-0.3, -0.25) is 4.98 Å². The number of fused-ring (bicyclic) bond motifs is 4. The van der Waals surface area contributed by atoms with Gasteiger partial charge in [0.1, 0.15) is 0 Å². The number of pyridine rings is 1. The smallest absolute Gasteiger partial charge is 0.0651 e. The molecule has 2 fully saturated rings. The average molecular weight is 729 g/mol. The van der Waals surface area contributed by atoms with Crippen molar-refractivity contribution in [1.82, 2.24) is 4.98 Å². The van der Waals surface area contributed by atoms with Gasteiger partial charge in [-0.05, 0) is 84.2 Å². The number of aliphatic hydroxyl groups excluding tert-OH is 2. The summed E-state index contributed by atoms with van der Waals surface area (Å²) in [5.74, 6) is 0.636. The number of hydrogen-bond donors (Lipinski definition) is 2. The number of benzene rings is 3. The summed E-state index contributed by atoms with van der Waals surface area (Å²) in [5.41, 5.74) is 3.12. The van der Waals surface area contributed by atoms with Crippen LogP contribution in [0.1, 0.15) is 79.1 Å². The van der Waals surface area contributed by atoms with Crippen LogP contribution in [0.3, 0.4) is 0 Å². The summed E-state index contributed by atoms with van der Waals surface area (Å²) in [7, 11) is 0. The number of nitrogens with zero attached hydrogens (tertiary/aromatic N) is 1. The van der Waals surface area contributed by atoms with Crippen LogP contribution in [0.5, 0.6) is 0 Å². The molecular formula is C37H46IrNO2-. The summed E-state index contributed by atoms with van der Waals surface area (Å²) < 4.78 is 0. The molecule has 2 saturated carbocycles. The van der Waals surface area contributed by atoms with Crippen molar-refractivity contribution >= 4 is 21.7 Å². The van der Waals surface area contributed by atoms with E-state index >= 15 is 0 Å². The van der Waals surface area contributed by atoms with Crippen molar-refractivity contribution in [1.29, 1.82) is 0 Å². The molecule has 2 aliphatic carbocycles. The Bertz CT molecular complexity index is 1410. The second-order valence-electron chi connectivity index (χ2n) is 12.3. The third-order valence-corrected chi connectivity index (χ3v) is 10.8. The van der Waals surface area contributed by atoms with Crippen LogP contribution in [0.2, 0.25) is 0 Å². The molecule has 3 aromatic carbocycles. The van der Waals surface area contributed by atoms with Gasteiger partial charge in [0, 0.05) is 31.4 Å². The first-order chi connectivity index (χ1) is 19.4. The molecule has 0 amide bonds. The van der Waals surface area contributed by atoms with E-state index in [0.717, 1.165) is 55.3 Å². The second-order valence-corrected chi connectivity index (χ2v) is 12.3. The van der Waals surface area contributed by atoms with Gasteiger partial charge in [0.15, 0.2) is 0 Å². The summed E-state index contributed by atoms with van der Waals surface area (Å²) >= 11 is 0. The first-order valence-electron chi connectivity index (χ1n) is 15.5. The van der Waals surface area contributed by atoms with Gasteiger partial charge in [-0.1, -0.05) is 76.6 Å². The zero-order valence-electron chi connectivity index (χ0n) is 25.1. The molecule has 1 aromatic heterocycles. The average Bonchev–Trinajstić information content (AvgIpc) is 3.22. The minimum Gasteiger partial charge on any atom is -0.392 e. The third-order valence-electron chi connectivity index (χ3n) is 10.8. The van der Waals surface area contributed by atoms with E-state index in [4.69, 9.17) is 4.98 Å². The molecule has 0 spiro atoms.